The van der Waals surface area contributed by atoms with Crippen molar-refractivity contribution in [2.24, 2.45) is 0 Å². The lowest BCUT2D eigenvalue weighted by atomic mass is 9.90. The van der Waals surface area contributed by atoms with Crippen LogP contribution in [0.2, 0.25) is 0 Å². The van der Waals surface area contributed by atoms with Gasteiger partial charge in [-0.25, -0.2) is 14.4 Å². The number of piperidine rings is 1. The molecule has 0 saturated carbocycles. The second-order valence-electron chi connectivity index (χ2n) is 7.68. The lowest BCUT2D eigenvalue weighted by molar-refractivity contribution is -0.134. The first-order chi connectivity index (χ1) is 15.5. The maximum absolute atomic E-state index is 13.0. The fourth-order valence-electron chi connectivity index (χ4n) is 3.91. The Morgan fingerprint density at radius 3 is 2.59 bits per heavy atom. The number of carbonyl (C=O) groups is 1. The lowest BCUT2D eigenvalue weighted by Gasteiger charge is -2.33. The van der Waals surface area contributed by atoms with E-state index in [0.29, 0.717) is 18.8 Å². The van der Waals surface area contributed by atoms with E-state index in [9.17, 15) is 9.18 Å². The maximum Gasteiger partial charge on any atom is 0.260 e. The van der Waals surface area contributed by atoms with Crippen molar-refractivity contribution in [1.29, 1.82) is 0 Å². The average Bonchev–Trinajstić information content (AvgIpc) is 2.83. The van der Waals surface area contributed by atoms with Gasteiger partial charge < -0.3 is 20.1 Å². The van der Waals surface area contributed by atoms with E-state index in [1.807, 2.05) is 24.3 Å². The van der Waals surface area contributed by atoms with Gasteiger partial charge in [0.05, 0.1) is 12.8 Å². The minimum Gasteiger partial charge on any atom is -0.497 e. The monoisotopic (exact) mass is 436 g/mol. The van der Waals surface area contributed by atoms with Crippen molar-refractivity contribution in [2.45, 2.75) is 18.8 Å². The van der Waals surface area contributed by atoms with Crippen molar-refractivity contribution in [3.63, 3.8) is 0 Å². The highest BCUT2D eigenvalue weighted by molar-refractivity contribution is 5.78. The Hall–Kier alpha value is -3.68. The summed E-state index contributed by atoms with van der Waals surface area (Å²) in [5, 5.41) is 0. The first-order valence-electron chi connectivity index (χ1n) is 10.5. The quantitative estimate of drug-likeness (QED) is 0.634. The third kappa shape index (κ3) is 4.96. The molecule has 2 heterocycles. The van der Waals surface area contributed by atoms with Gasteiger partial charge in [-0.2, -0.15) is 0 Å². The number of nitrogens with zero attached hydrogens (tertiary/aromatic N) is 3. The first-order valence-corrected chi connectivity index (χ1v) is 10.5. The fourth-order valence-corrected chi connectivity index (χ4v) is 3.91. The summed E-state index contributed by atoms with van der Waals surface area (Å²) in [6.07, 6.45) is 3.47. The lowest BCUT2D eigenvalue weighted by Crippen LogP contribution is -2.41. The third-order valence-electron chi connectivity index (χ3n) is 5.57. The molecule has 2 aromatic carbocycles. The second-order valence-corrected chi connectivity index (χ2v) is 7.68. The van der Waals surface area contributed by atoms with E-state index in [2.05, 4.69) is 9.97 Å². The van der Waals surface area contributed by atoms with E-state index in [0.717, 1.165) is 35.4 Å². The molecule has 7 nitrogen and oxygen atoms in total. The summed E-state index contributed by atoms with van der Waals surface area (Å²) in [6.45, 7) is 1.07. The highest BCUT2D eigenvalue weighted by Gasteiger charge is 2.28. The molecule has 1 atom stereocenters. The van der Waals surface area contributed by atoms with Crippen molar-refractivity contribution in [3.8, 4) is 22.6 Å². The Morgan fingerprint density at radius 2 is 1.88 bits per heavy atom. The molecule has 1 aromatic heterocycles. The number of benzene rings is 2. The molecule has 166 valence electrons. The number of hydrogen-bond acceptors (Lipinski definition) is 6. The Balaban J connectivity index is 1.49. The molecule has 1 amide bonds. The highest BCUT2D eigenvalue weighted by atomic mass is 19.1. The predicted octanol–water partition coefficient (Wildman–Crippen LogP) is 3.66. The molecule has 2 N–H and O–H groups in total. The van der Waals surface area contributed by atoms with Gasteiger partial charge in [-0.05, 0) is 54.8 Å². The number of halogens is 1. The van der Waals surface area contributed by atoms with Gasteiger partial charge in [0.1, 0.15) is 17.3 Å². The van der Waals surface area contributed by atoms with Crippen LogP contribution in [0.15, 0.2) is 54.7 Å². The zero-order valence-corrected chi connectivity index (χ0v) is 17.8. The van der Waals surface area contributed by atoms with Crippen LogP contribution in [0.1, 0.15) is 24.5 Å². The normalized spacial score (nSPS) is 15.9. The van der Waals surface area contributed by atoms with Crippen LogP contribution in [0.4, 0.5) is 10.3 Å². The Kier molecular flexibility index (Phi) is 6.49. The molecular formula is C24H25FN4O3. The number of amides is 1. The van der Waals surface area contributed by atoms with Crippen molar-refractivity contribution in [1.82, 2.24) is 14.9 Å². The first kappa shape index (κ1) is 21.5. The summed E-state index contributed by atoms with van der Waals surface area (Å²) in [5.74, 6) is 0.994. The van der Waals surface area contributed by atoms with Gasteiger partial charge in [0.25, 0.3) is 5.91 Å². The van der Waals surface area contributed by atoms with E-state index in [-0.39, 0.29) is 30.2 Å². The molecule has 0 radical (unpaired) electrons. The summed E-state index contributed by atoms with van der Waals surface area (Å²) in [6, 6.07) is 13.3. The van der Waals surface area contributed by atoms with Crippen molar-refractivity contribution < 1.29 is 18.7 Å². The average molecular weight is 436 g/mol. The van der Waals surface area contributed by atoms with Crippen LogP contribution in [0.25, 0.3) is 11.1 Å². The molecular weight excluding hydrogens is 411 g/mol. The highest BCUT2D eigenvalue weighted by Crippen LogP contribution is 2.34. The van der Waals surface area contributed by atoms with Crippen LogP contribution in [0.5, 0.6) is 11.5 Å². The number of aromatic nitrogens is 2. The van der Waals surface area contributed by atoms with Crippen LogP contribution in [0.3, 0.4) is 0 Å². The van der Waals surface area contributed by atoms with E-state index < -0.39 is 0 Å². The molecule has 8 heteroatoms. The molecule has 1 aliphatic rings. The van der Waals surface area contributed by atoms with Crippen LogP contribution < -0.4 is 15.2 Å². The summed E-state index contributed by atoms with van der Waals surface area (Å²) >= 11 is 0. The van der Waals surface area contributed by atoms with Gasteiger partial charge in [-0.15, -0.1) is 0 Å². The molecule has 1 saturated heterocycles. The zero-order valence-electron chi connectivity index (χ0n) is 17.8. The summed E-state index contributed by atoms with van der Waals surface area (Å²) in [4.78, 5) is 23.3. The Morgan fingerprint density at radius 1 is 1.16 bits per heavy atom. The number of rotatable bonds is 6. The number of nitrogens with two attached hydrogens (primary N) is 1. The third-order valence-corrected chi connectivity index (χ3v) is 5.57. The van der Waals surface area contributed by atoms with Crippen LogP contribution in [0, 0.1) is 5.82 Å². The Bertz CT molecular complexity index is 1070. The van der Waals surface area contributed by atoms with E-state index in [4.69, 9.17) is 15.2 Å². The van der Waals surface area contributed by atoms with Crippen LogP contribution in [-0.2, 0) is 4.79 Å². The standard InChI is InChI=1S/C24H25FN4O3/c1-31-19-8-4-16(5-9-19)21-13-27-24(26)28-23(21)17-3-2-12-29(14-17)22(30)15-32-20-10-6-18(25)7-11-20/h4-11,13,17H,2-3,12,14-15H2,1H3,(H2,26,27,28)/t17-/m1/s1. The van der Waals surface area contributed by atoms with E-state index in [1.54, 1.807) is 18.2 Å². The number of nitrogen functional groups attached to an aromatic ring is 1. The molecule has 0 spiro atoms. The van der Waals surface area contributed by atoms with E-state index >= 15 is 0 Å². The zero-order chi connectivity index (χ0) is 22.5. The van der Waals surface area contributed by atoms with Gasteiger partial charge >= 0.3 is 0 Å². The van der Waals surface area contributed by atoms with Crippen molar-refractivity contribution >= 4 is 11.9 Å². The van der Waals surface area contributed by atoms with E-state index in [1.165, 1.54) is 24.3 Å². The predicted molar refractivity (Wildman–Crippen MR) is 119 cm³/mol. The molecule has 1 fully saturated rings. The summed E-state index contributed by atoms with van der Waals surface area (Å²) in [5.41, 5.74) is 8.59. The number of carbonyl (C=O) groups excluding carboxylic acids is 1. The minimum absolute atomic E-state index is 0.0286. The van der Waals surface area contributed by atoms with Gasteiger partial charge in [0, 0.05) is 30.8 Å². The van der Waals surface area contributed by atoms with Gasteiger partial charge in [-0.3, -0.25) is 4.79 Å². The smallest absolute Gasteiger partial charge is 0.260 e. The number of methoxy groups -OCH3 is 1. The molecule has 0 bridgehead atoms. The molecule has 0 aliphatic carbocycles. The van der Waals surface area contributed by atoms with Gasteiger partial charge in [-0.1, -0.05) is 12.1 Å². The number of likely N-dealkylation sites (tertiary alicyclic amines) is 1. The topological polar surface area (TPSA) is 90.6 Å². The molecule has 3 aromatic rings. The minimum atomic E-state index is -0.348. The Labute approximate surface area is 186 Å². The van der Waals surface area contributed by atoms with Gasteiger partial charge in [0.2, 0.25) is 5.95 Å². The number of anilines is 1. The molecule has 1 aliphatic heterocycles. The number of ether oxygens (including phenoxy) is 2. The van der Waals surface area contributed by atoms with Crippen LogP contribution in [-0.4, -0.2) is 47.6 Å². The molecule has 32 heavy (non-hydrogen) atoms. The molecule has 4 rings (SSSR count). The summed E-state index contributed by atoms with van der Waals surface area (Å²) in [7, 11) is 1.63. The SMILES string of the molecule is COc1ccc(-c2cnc(N)nc2[C@@H]2CCCN(C(=O)COc3ccc(F)cc3)C2)cc1. The largest absolute Gasteiger partial charge is 0.497 e. The van der Waals surface area contributed by atoms with Crippen molar-refractivity contribution in [2.75, 3.05) is 32.5 Å². The summed E-state index contributed by atoms with van der Waals surface area (Å²) < 4.78 is 23.8. The number of hydrogen-bond donors (Lipinski definition) is 1. The van der Waals surface area contributed by atoms with Crippen LogP contribution >= 0.6 is 0 Å². The maximum atomic E-state index is 13.0. The van der Waals surface area contributed by atoms with Crippen molar-refractivity contribution in [3.05, 3.63) is 66.2 Å². The van der Waals surface area contributed by atoms with Gasteiger partial charge in [0.15, 0.2) is 6.61 Å². The molecule has 0 unspecified atom stereocenters. The fraction of sp³-hybridized carbons (Fsp3) is 0.292. The second kappa shape index (κ2) is 9.64.